The number of nitrogens with one attached hydrogen (secondary N) is 1. The fourth-order valence-corrected chi connectivity index (χ4v) is 2.83. The van der Waals surface area contributed by atoms with E-state index >= 15 is 0 Å². The van der Waals surface area contributed by atoms with Gasteiger partial charge in [-0.25, -0.2) is 10.4 Å². The summed E-state index contributed by atoms with van der Waals surface area (Å²) in [7, 11) is 0. The number of carbonyl (C=O) groups is 1. The minimum Gasteiger partial charge on any atom is -0.507 e. The van der Waals surface area contributed by atoms with E-state index in [4.69, 9.17) is 0 Å². The molecule has 0 unspecified atom stereocenters. The first-order chi connectivity index (χ1) is 9.88. The maximum atomic E-state index is 12.0. The van der Waals surface area contributed by atoms with Crippen LogP contribution in [0.3, 0.4) is 0 Å². The molecule has 0 aliphatic heterocycles. The average Bonchev–Trinajstić information content (AvgIpc) is 2.75. The minimum atomic E-state index is -0.262. The van der Waals surface area contributed by atoms with Gasteiger partial charge >= 0.3 is 0 Å². The van der Waals surface area contributed by atoms with Crippen molar-refractivity contribution >= 4 is 23.5 Å². The second kappa shape index (κ2) is 6.05. The van der Waals surface area contributed by atoms with Crippen LogP contribution < -0.4 is 5.43 Å². The minimum absolute atomic E-state index is 0.262. The molecule has 0 fully saturated rings. The van der Waals surface area contributed by atoms with Gasteiger partial charge in [0.1, 0.15) is 10.6 Å². The van der Waals surface area contributed by atoms with Gasteiger partial charge in [-0.1, -0.05) is 0 Å². The third-order valence-corrected chi connectivity index (χ3v) is 4.07. The fourth-order valence-electron chi connectivity index (χ4n) is 2.02. The van der Waals surface area contributed by atoms with E-state index in [1.54, 1.807) is 25.3 Å². The van der Waals surface area contributed by atoms with Crippen LogP contribution in [-0.4, -0.2) is 22.2 Å². The van der Waals surface area contributed by atoms with Crippen molar-refractivity contribution in [3.05, 3.63) is 44.4 Å². The van der Waals surface area contributed by atoms with Gasteiger partial charge in [0, 0.05) is 0 Å². The van der Waals surface area contributed by atoms with Crippen LogP contribution in [0.15, 0.2) is 17.2 Å². The molecule has 0 atom stereocenters. The van der Waals surface area contributed by atoms with Crippen molar-refractivity contribution in [2.24, 2.45) is 5.10 Å². The van der Waals surface area contributed by atoms with Crippen LogP contribution in [0.4, 0.5) is 0 Å². The Labute approximate surface area is 127 Å². The molecule has 5 nitrogen and oxygen atoms in total. The number of nitrogens with zero attached hydrogens (tertiary/aromatic N) is 2. The number of hydrogen-bond acceptors (Lipinski definition) is 5. The summed E-state index contributed by atoms with van der Waals surface area (Å²) in [5.41, 5.74) is 5.57. The van der Waals surface area contributed by atoms with Crippen molar-refractivity contribution in [1.82, 2.24) is 10.4 Å². The van der Waals surface area contributed by atoms with Crippen LogP contribution in [0.5, 0.6) is 5.75 Å². The summed E-state index contributed by atoms with van der Waals surface area (Å²) in [6.07, 6.45) is 1.56. The predicted molar refractivity (Wildman–Crippen MR) is 84.2 cm³/mol. The molecule has 0 saturated carbocycles. The Balaban J connectivity index is 2.09. The quantitative estimate of drug-likeness (QED) is 0.676. The fraction of sp³-hybridized carbons (Fsp3) is 0.267. The number of thiazole rings is 1. The zero-order valence-electron chi connectivity index (χ0n) is 12.4. The normalized spacial score (nSPS) is 11.0. The summed E-state index contributed by atoms with van der Waals surface area (Å²) in [6.45, 7) is 7.30. The second-order valence-electron chi connectivity index (χ2n) is 4.85. The van der Waals surface area contributed by atoms with E-state index in [1.807, 2.05) is 20.8 Å². The maximum Gasteiger partial charge on any atom is 0.283 e. The molecule has 0 spiro atoms. The van der Waals surface area contributed by atoms with Crippen molar-refractivity contribution in [2.45, 2.75) is 27.7 Å². The van der Waals surface area contributed by atoms with E-state index in [0.717, 1.165) is 21.7 Å². The van der Waals surface area contributed by atoms with Gasteiger partial charge in [0.2, 0.25) is 0 Å². The van der Waals surface area contributed by atoms with Crippen LogP contribution >= 0.6 is 11.3 Å². The van der Waals surface area contributed by atoms with Gasteiger partial charge in [0.05, 0.1) is 16.9 Å². The highest BCUT2D eigenvalue weighted by molar-refractivity contribution is 7.13. The maximum absolute atomic E-state index is 12.0. The van der Waals surface area contributed by atoms with Gasteiger partial charge in [-0.3, -0.25) is 4.79 Å². The van der Waals surface area contributed by atoms with Crippen LogP contribution in [0.25, 0.3) is 0 Å². The summed E-state index contributed by atoms with van der Waals surface area (Å²) in [4.78, 5) is 16.7. The first-order valence-corrected chi connectivity index (χ1v) is 7.27. The monoisotopic (exact) mass is 303 g/mol. The molecule has 2 rings (SSSR count). The van der Waals surface area contributed by atoms with Crippen molar-refractivity contribution in [3.63, 3.8) is 0 Å². The molecule has 110 valence electrons. The number of hydrazone groups is 1. The zero-order valence-corrected chi connectivity index (χ0v) is 13.2. The first kappa shape index (κ1) is 15.2. The molecule has 21 heavy (non-hydrogen) atoms. The van der Waals surface area contributed by atoms with E-state index in [0.29, 0.717) is 10.6 Å². The largest absolute Gasteiger partial charge is 0.507 e. The lowest BCUT2D eigenvalue weighted by Gasteiger charge is -2.04. The Bertz CT molecular complexity index is 697. The lowest BCUT2D eigenvalue weighted by Crippen LogP contribution is -2.17. The lowest BCUT2D eigenvalue weighted by molar-refractivity contribution is 0.0958. The van der Waals surface area contributed by atoms with E-state index in [-0.39, 0.29) is 11.7 Å². The number of carbonyl (C=O) groups excluding carboxylic acids is 1. The number of benzene rings is 1. The standard InChI is InChI=1S/C15H17N3O2S/c1-8-5-12(6-9(2)13(8)19)7-16-18-15(20)14-10(3)17-11(4)21-14/h5-7,19H,1-4H3,(H,18,20)/b16-7+. The smallest absolute Gasteiger partial charge is 0.283 e. The van der Waals surface area contributed by atoms with Gasteiger partial charge in [-0.05, 0) is 56.5 Å². The van der Waals surface area contributed by atoms with Crippen molar-refractivity contribution in [3.8, 4) is 5.75 Å². The lowest BCUT2D eigenvalue weighted by atomic mass is 10.1. The summed E-state index contributed by atoms with van der Waals surface area (Å²) in [5.74, 6) is 0.0218. The Morgan fingerprint density at radius 2 is 1.90 bits per heavy atom. The highest BCUT2D eigenvalue weighted by Crippen LogP contribution is 2.22. The Morgan fingerprint density at radius 1 is 1.29 bits per heavy atom. The van der Waals surface area contributed by atoms with Crippen molar-refractivity contribution in [1.29, 1.82) is 0 Å². The highest BCUT2D eigenvalue weighted by atomic mass is 32.1. The van der Waals surface area contributed by atoms with Gasteiger partial charge in [-0.15, -0.1) is 11.3 Å². The van der Waals surface area contributed by atoms with E-state index in [9.17, 15) is 9.90 Å². The van der Waals surface area contributed by atoms with Crippen LogP contribution in [-0.2, 0) is 0 Å². The summed E-state index contributed by atoms with van der Waals surface area (Å²) < 4.78 is 0. The summed E-state index contributed by atoms with van der Waals surface area (Å²) >= 11 is 1.35. The summed E-state index contributed by atoms with van der Waals surface area (Å²) in [5, 5.41) is 14.5. The molecule has 0 aliphatic carbocycles. The van der Waals surface area contributed by atoms with Crippen molar-refractivity contribution < 1.29 is 9.90 Å². The molecular formula is C15H17N3O2S. The van der Waals surface area contributed by atoms with E-state index < -0.39 is 0 Å². The number of aromatic hydroxyl groups is 1. The van der Waals surface area contributed by atoms with Gasteiger partial charge in [0.25, 0.3) is 5.91 Å². The van der Waals surface area contributed by atoms with Crippen LogP contribution in [0.2, 0.25) is 0 Å². The number of aromatic nitrogens is 1. The van der Waals surface area contributed by atoms with Gasteiger partial charge in [-0.2, -0.15) is 5.10 Å². The Morgan fingerprint density at radius 3 is 2.43 bits per heavy atom. The molecule has 0 saturated heterocycles. The highest BCUT2D eigenvalue weighted by Gasteiger charge is 2.12. The third-order valence-electron chi connectivity index (χ3n) is 3.00. The molecule has 2 aromatic rings. The average molecular weight is 303 g/mol. The first-order valence-electron chi connectivity index (χ1n) is 6.46. The third kappa shape index (κ3) is 3.46. The SMILES string of the molecule is Cc1nc(C)c(C(=O)N/N=C/c2cc(C)c(O)c(C)c2)s1. The predicted octanol–water partition coefficient (Wildman–Crippen LogP) is 2.85. The molecule has 6 heteroatoms. The molecule has 0 aliphatic rings. The van der Waals surface area contributed by atoms with Crippen LogP contribution in [0, 0.1) is 27.7 Å². The molecule has 1 heterocycles. The van der Waals surface area contributed by atoms with Crippen LogP contribution in [0.1, 0.15) is 37.1 Å². The molecule has 1 aromatic heterocycles. The van der Waals surface area contributed by atoms with Gasteiger partial charge in [0.15, 0.2) is 0 Å². The Hall–Kier alpha value is -2.21. The van der Waals surface area contributed by atoms with Gasteiger partial charge < -0.3 is 5.11 Å². The number of rotatable bonds is 3. The zero-order chi connectivity index (χ0) is 15.6. The number of amides is 1. The van der Waals surface area contributed by atoms with E-state index in [2.05, 4.69) is 15.5 Å². The van der Waals surface area contributed by atoms with E-state index in [1.165, 1.54) is 11.3 Å². The molecule has 1 aromatic carbocycles. The summed E-state index contributed by atoms with van der Waals surface area (Å²) in [6, 6.07) is 3.61. The molecule has 1 amide bonds. The number of aryl methyl sites for hydroxylation is 4. The molecule has 0 bridgehead atoms. The number of hydrogen-bond donors (Lipinski definition) is 2. The molecule has 2 N–H and O–H groups in total. The topological polar surface area (TPSA) is 74.6 Å². The number of phenols is 1. The second-order valence-corrected chi connectivity index (χ2v) is 6.05. The van der Waals surface area contributed by atoms with Crippen molar-refractivity contribution in [2.75, 3.05) is 0 Å². The molecular weight excluding hydrogens is 286 g/mol. The Kier molecular flexibility index (Phi) is 4.37. The molecule has 0 radical (unpaired) electrons. The number of phenolic OH excluding ortho intramolecular Hbond substituents is 1.